The van der Waals surface area contributed by atoms with Gasteiger partial charge in [0.1, 0.15) is 28.5 Å². The lowest BCUT2D eigenvalue weighted by Gasteiger charge is -2.58. The van der Waals surface area contributed by atoms with Crippen LogP contribution in [0.2, 0.25) is 0 Å². The second kappa shape index (κ2) is 15.8. The van der Waals surface area contributed by atoms with Crippen LogP contribution in [0.4, 0.5) is 10.1 Å². The van der Waals surface area contributed by atoms with Crippen LogP contribution in [0, 0.1) is 11.2 Å². The molecule has 5 aromatic rings. The molecule has 2 aliphatic heterocycles. The molecule has 0 radical (unpaired) electrons. The highest BCUT2D eigenvalue weighted by Gasteiger charge is 2.50. The van der Waals surface area contributed by atoms with Crippen molar-refractivity contribution in [1.29, 1.82) is 0 Å². The van der Waals surface area contributed by atoms with Crippen LogP contribution in [0.3, 0.4) is 0 Å². The van der Waals surface area contributed by atoms with Crippen LogP contribution >= 0.6 is 0 Å². The molecular weight excluding hydrogens is 710 g/mol. The number of anilines is 1. The van der Waals surface area contributed by atoms with Crippen LogP contribution in [0.25, 0.3) is 11.0 Å². The number of esters is 1. The fourth-order valence-electron chi connectivity index (χ4n) is 9.32. The molecule has 294 valence electrons. The molecule has 10 nitrogen and oxygen atoms in total. The second-order valence-electron chi connectivity index (χ2n) is 16.0. The third-order valence-electron chi connectivity index (χ3n) is 12.4. The van der Waals surface area contributed by atoms with Gasteiger partial charge in [-0.25, -0.2) is 14.2 Å². The summed E-state index contributed by atoms with van der Waals surface area (Å²) in [6.45, 7) is 10.3. The Hall–Kier alpha value is -5.13. The van der Waals surface area contributed by atoms with E-state index in [-0.39, 0.29) is 0 Å². The Morgan fingerprint density at radius 3 is 2.46 bits per heavy atom. The van der Waals surface area contributed by atoms with Gasteiger partial charge in [-0.2, -0.15) is 0 Å². The van der Waals surface area contributed by atoms with Crippen molar-refractivity contribution in [1.82, 2.24) is 19.8 Å². The fraction of sp³-hybridized carbons (Fsp3) is 0.422. The molecular formula is C45H52FN5O5. The molecule has 2 aromatic heterocycles. The van der Waals surface area contributed by atoms with E-state index < -0.39 is 11.8 Å². The Morgan fingerprint density at radius 2 is 1.71 bits per heavy atom. The predicted octanol–water partition coefficient (Wildman–Crippen LogP) is 8.73. The zero-order valence-corrected chi connectivity index (χ0v) is 33.0. The van der Waals surface area contributed by atoms with Gasteiger partial charge in [0.25, 0.3) is 0 Å². The van der Waals surface area contributed by atoms with Crippen molar-refractivity contribution in [2.24, 2.45) is 5.41 Å². The van der Waals surface area contributed by atoms with E-state index in [1.54, 1.807) is 26.4 Å². The summed E-state index contributed by atoms with van der Waals surface area (Å²) in [5.74, 6) is 1.75. The van der Waals surface area contributed by atoms with E-state index in [0.717, 1.165) is 69.3 Å². The highest BCUT2D eigenvalue weighted by Crippen LogP contribution is 2.53. The maximum Gasteiger partial charge on any atom is 0.341 e. The standard InChI is InChI=1S/C45H52FN5O5/c1-29(2)34-8-6-7-9-35(34)39-28-49(27-30-10-13-40(53-3)42(20-30)54-4)18-19-51(39)32-23-45(24-32)14-16-50(17-15-45)31-11-12-36(44(52)55-5)41(21-31)56-33-22-37-38(46)26-48-43(37)47-25-33/h6-13,20-22,25-26,29,32,39H,14-19,23-24,27-28H2,1-5H3,(H,47,48)/t39-/m0/s1. The summed E-state index contributed by atoms with van der Waals surface area (Å²) in [7, 11) is 4.72. The highest BCUT2D eigenvalue weighted by atomic mass is 19.1. The van der Waals surface area contributed by atoms with Crippen molar-refractivity contribution < 1.29 is 28.1 Å². The SMILES string of the molecule is COC(=O)c1ccc(N2CCC3(CC2)CC(N2CCN(Cc4ccc(OC)c(OC)c4)C[C@H]2c2ccccc2C(C)C)C3)cc1Oc1cnc2[nH]cc(F)c2c1. The van der Waals surface area contributed by atoms with Gasteiger partial charge in [0, 0.05) is 69.3 Å². The zero-order chi connectivity index (χ0) is 39.0. The van der Waals surface area contributed by atoms with Gasteiger partial charge in [-0.1, -0.05) is 44.2 Å². The minimum atomic E-state index is -0.498. The first kappa shape index (κ1) is 37.8. The molecule has 1 N–H and O–H groups in total. The molecule has 1 spiro atoms. The number of nitrogens with zero attached hydrogens (tertiary/aromatic N) is 4. The molecule has 8 rings (SSSR count). The van der Waals surface area contributed by atoms with Crippen LogP contribution < -0.4 is 19.1 Å². The highest BCUT2D eigenvalue weighted by molar-refractivity contribution is 5.93. The van der Waals surface area contributed by atoms with Crippen molar-refractivity contribution in [3.8, 4) is 23.0 Å². The zero-order valence-electron chi connectivity index (χ0n) is 33.0. The quantitative estimate of drug-likeness (QED) is 0.133. The van der Waals surface area contributed by atoms with E-state index in [1.807, 2.05) is 18.2 Å². The molecule has 3 fully saturated rings. The maximum absolute atomic E-state index is 14.3. The minimum Gasteiger partial charge on any atom is -0.493 e. The Kier molecular flexibility index (Phi) is 10.6. The summed E-state index contributed by atoms with van der Waals surface area (Å²) in [6.07, 6.45) is 7.42. The number of methoxy groups -OCH3 is 3. The van der Waals surface area contributed by atoms with Crippen molar-refractivity contribution in [3.63, 3.8) is 0 Å². The number of piperazine rings is 1. The Balaban J connectivity index is 0.956. The molecule has 1 atom stereocenters. The second-order valence-corrected chi connectivity index (χ2v) is 16.0. The number of hydrogen-bond donors (Lipinski definition) is 1. The average Bonchev–Trinajstić information content (AvgIpc) is 3.58. The summed E-state index contributed by atoms with van der Waals surface area (Å²) < 4.78 is 36.7. The lowest BCUT2D eigenvalue weighted by Crippen LogP contribution is -2.60. The molecule has 3 aromatic carbocycles. The van der Waals surface area contributed by atoms with E-state index in [0.29, 0.717) is 51.5 Å². The fourth-order valence-corrected chi connectivity index (χ4v) is 9.32. The number of ether oxygens (including phenoxy) is 4. The monoisotopic (exact) mass is 761 g/mol. The van der Waals surface area contributed by atoms with E-state index in [9.17, 15) is 9.18 Å². The topological polar surface area (TPSA) is 92.4 Å². The number of nitrogens with one attached hydrogen (secondary N) is 1. The minimum absolute atomic E-state index is 0.304. The average molecular weight is 762 g/mol. The Bertz CT molecular complexity index is 2190. The van der Waals surface area contributed by atoms with Gasteiger partial charge < -0.3 is 28.8 Å². The summed E-state index contributed by atoms with van der Waals surface area (Å²) in [4.78, 5) is 27.6. The molecule has 0 unspecified atom stereocenters. The molecule has 56 heavy (non-hydrogen) atoms. The lowest BCUT2D eigenvalue weighted by atomic mass is 9.59. The summed E-state index contributed by atoms with van der Waals surface area (Å²) in [5, 5.41) is 0.324. The number of carbonyl (C=O) groups excluding carboxylic acids is 1. The number of carbonyl (C=O) groups is 1. The first-order valence-corrected chi connectivity index (χ1v) is 19.7. The molecule has 11 heteroatoms. The molecule has 3 aliphatic rings. The molecule has 1 saturated carbocycles. The third-order valence-corrected chi connectivity index (χ3v) is 12.4. The number of aromatic nitrogens is 2. The van der Waals surface area contributed by atoms with Gasteiger partial charge >= 0.3 is 5.97 Å². The summed E-state index contributed by atoms with van der Waals surface area (Å²) in [6, 6.07) is 23.4. The van der Waals surface area contributed by atoms with Gasteiger partial charge in [-0.15, -0.1) is 0 Å². The van der Waals surface area contributed by atoms with E-state index in [2.05, 4.69) is 74.9 Å². The number of hydrogen-bond acceptors (Lipinski definition) is 9. The largest absolute Gasteiger partial charge is 0.493 e. The van der Waals surface area contributed by atoms with Gasteiger partial charge in [0.05, 0.1) is 32.9 Å². The van der Waals surface area contributed by atoms with E-state index in [4.69, 9.17) is 18.9 Å². The molecule has 0 bridgehead atoms. The van der Waals surface area contributed by atoms with Gasteiger partial charge in [-0.3, -0.25) is 9.80 Å². The van der Waals surface area contributed by atoms with Crippen LogP contribution in [0.1, 0.15) is 78.5 Å². The molecule has 0 amide bonds. The van der Waals surface area contributed by atoms with Gasteiger partial charge in [0.2, 0.25) is 0 Å². The number of aromatic amines is 1. The smallest absolute Gasteiger partial charge is 0.341 e. The Morgan fingerprint density at radius 1 is 0.929 bits per heavy atom. The van der Waals surface area contributed by atoms with Gasteiger partial charge in [-0.05, 0) is 84.0 Å². The van der Waals surface area contributed by atoms with Crippen molar-refractivity contribution in [2.45, 2.75) is 64.1 Å². The lowest BCUT2D eigenvalue weighted by molar-refractivity contribution is -0.0628. The summed E-state index contributed by atoms with van der Waals surface area (Å²) in [5.41, 5.74) is 6.17. The number of rotatable bonds is 11. The Labute approximate surface area is 328 Å². The normalized spacial score (nSPS) is 19.0. The van der Waals surface area contributed by atoms with E-state index in [1.165, 1.54) is 49.0 Å². The van der Waals surface area contributed by atoms with Crippen molar-refractivity contribution in [3.05, 3.63) is 107 Å². The third kappa shape index (κ3) is 7.42. The van der Waals surface area contributed by atoms with Crippen molar-refractivity contribution >= 4 is 22.7 Å². The van der Waals surface area contributed by atoms with Crippen molar-refractivity contribution in [2.75, 3.05) is 59.0 Å². The number of halogens is 1. The molecule has 1 aliphatic carbocycles. The predicted molar refractivity (Wildman–Crippen MR) is 216 cm³/mol. The number of piperidine rings is 1. The molecule has 4 heterocycles. The van der Waals surface area contributed by atoms with Crippen LogP contribution in [-0.2, 0) is 11.3 Å². The van der Waals surface area contributed by atoms with Crippen LogP contribution in [0.5, 0.6) is 23.0 Å². The van der Waals surface area contributed by atoms with Crippen LogP contribution in [-0.4, -0.2) is 85.8 Å². The maximum atomic E-state index is 14.3. The van der Waals surface area contributed by atoms with Crippen LogP contribution in [0.15, 0.2) is 79.1 Å². The van der Waals surface area contributed by atoms with E-state index >= 15 is 0 Å². The first-order valence-electron chi connectivity index (χ1n) is 19.7. The number of fused-ring (bicyclic) bond motifs is 1. The van der Waals surface area contributed by atoms with Gasteiger partial charge in [0.15, 0.2) is 11.5 Å². The number of H-pyrrole nitrogens is 1. The number of benzene rings is 3. The summed E-state index contributed by atoms with van der Waals surface area (Å²) >= 11 is 0. The first-order chi connectivity index (χ1) is 27.2. The molecule has 2 saturated heterocycles. The number of pyridine rings is 1.